The number of rotatable bonds is 10. The Hall–Kier alpha value is -5.48. The van der Waals surface area contributed by atoms with Gasteiger partial charge in [-0.1, -0.05) is 26.7 Å². The first-order valence-electron chi connectivity index (χ1n) is 20.5. The number of hydrogen-bond acceptors (Lipinski definition) is 13. The average molecular weight is 869 g/mol. The Balaban J connectivity index is 1.20. The monoisotopic (exact) mass is 868 g/mol. The van der Waals surface area contributed by atoms with Crippen LogP contribution in [0.3, 0.4) is 0 Å². The summed E-state index contributed by atoms with van der Waals surface area (Å²) in [7, 11) is 0. The highest BCUT2D eigenvalue weighted by atomic mass is 32.1. The summed E-state index contributed by atoms with van der Waals surface area (Å²) >= 11 is 6.25. The number of nitriles is 3. The summed E-state index contributed by atoms with van der Waals surface area (Å²) in [6, 6.07) is 14.1. The molecule has 0 N–H and O–H groups in total. The van der Waals surface area contributed by atoms with E-state index >= 15 is 0 Å². The molecule has 14 heteroatoms. The van der Waals surface area contributed by atoms with Gasteiger partial charge in [-0.2, -0.15) is 10.5 Å². The maximum atomic E-state index is 9.50. The molecule has 2 saturated carbocycles. The van der Waals surface area contributed by atoms with Gasteiger partial charge in [-0.15, -0.1) is 45.3 Å². The molecule has 0 atom stereocenters. The van der Waals surface area contributed by atoms with E-state index in [0.29, 0.717) is 24.7 Å². The molecule has 0 saturated heterocycles. The zero-order chi connectivity index (χ0) is 41.4. The second kappa shape index (κ2) is 16.5. The number of benzene rings is 1. The lowest BCUT2D eigenvalue weighted by molar-refractivity contribution is 0.0164. The highest BCUT2D eigenvalue weighted by Gasteiger charge is 2.49. The topological polar surface area (TPSA) is 138 Å². The molecule has 0 unspecified atom stereocenters. The third-order valence-electron chi connectivity index (χ3n) is 11.4. The van der Waals surface area contributed by atoms with E-state index in [2.05, 4.69) is 30.8 Å². The average Bonchev–Trinajstić information content (AvgIpc) is 4.09. The van der Waals surface area contributed by atoms with Gasteiger partial charge in [0.2, 0.25) is 0 Å². The molecule has 2 fully saturated rings. The van der Waals surface area contributed by atoms with Gasteiger partial charge in [-0.3, -0.25) is 0 Å². The summed E-state index contributed by atoms with van der Waals surface area (Å²) in [6.07, 6.45) is 14.8. The Bertz CT molecular complexity index is 2510. The van der Waals surface area contributed by atoms with E-state index in [0.717, 1.165) is 150 Å². The first kappa shape index (κ1) is 40.0. The van der Waals surface area contributed by atoms with Crippen molar-refractivity contribution in [2.45, 2.75) is 102 Å². The largest absolute Gasteiger partial charge is 0.492 e. The van der Waals surface area contributed by atoms with Crippen LogP contribution in [0.1, 0.15) is 112 Å². The predicted octanol–water partition coefficient (Wildman–Crippen LogP) is 13.3. The molecule has 10 nitrogen and oxygen atoms in total. The van der Waals surface area contributed by atoms with E-state index in [1.54, 1.807) is 34.8 Å². The predicted molar refractivity (Wildman–Crippen MR) is 237 cm³/mol. The van der Waals surface area contributed by atoms with Gasteiger partial charge in [0.05, 0.1) is 35.6 Å². The van der Waals surface area contributed by atoms with Crippen molar-refractivity contribution >= 4 is 57.5 Å². The number of aromatic nitrogens is 2. The van der Waals surface area contributed by atoms with E-state index < -0.39 is 11.2 Å². The summed E-state index contributed by atoms with van der Waals surface area (Å²) in [5.74, 6) is 3.02. The molecule has 4 aromatic heterocycles. The van der Waals surface area contributed by atoms with Gasteiger partial charge in [0, 0.05) is 20.9 Å². The fraction of sp³-hybridized carbons (Fsp3) is 0.391. The first-order chi connectivity index (χ1) is 29.3. The molecule has 2 aliphatic heterocycles. The van der Waals surface area contributed by atoms with Crippen LogP contribution in [0, 0.1) is 40.6 Å². The van der Waals surface area contributed by atoms with Crippen LogP contribution in [-0.2, 0) is 11.2 Å². The Morgan fingerprint density at radius 3 is 1.57 bits per heavy atom. The molecule has 0 radical (unpaired) electrons. The molecular formula is C46H40N6O4S4. The Morgan fingerprint density at radius 1 is 0.683 bits per heavy atom. The van der Waals surface area contributed by atoms with Gasteiger partial charge >= 0.3 is 0 Å². The van der Waals surface area contributed by atoms with Crippen LogP contribution in [0.2, 0.25) is 0 Å². The van der Waals surface area contributed by atoms with Crippen LogP contribution in [-0.4, -0.2) is 23.2 Å². The Kier molecular flexibility index (Phi) is 11.0. The number of thiazole rings is 2. The van der Waals surface area contributed by atoms with Gasteiger partial charge in [-0.25, -0.2) is 20.1 Å². The molecule has 2 spiro atoms. The maximum Gasteiger partial charge on any atom is 0.263 e. The minimum absolute atomic E-state index is 0.0239. The SMILES string of the molecule is [C-]#[N+]/C(C#N)=C/c1cc(OCCC)c(-c2nc3c(s2)-c2cc4c(cc2OC32CCCCC2)-c2sc(-c3sc(C=C(C#N)C#N)cc3OCCC)nc2C2(CCCCC2)O4)s1. The molecule has 2 aliphatic carbocycles. The van der Waals surface area contributed by atoms with Crippen LogP contribution in [0.15, 0.2) is 35.5 Å². The maximum absolute atomic E-state index is 9.50. The number of allylic oxidation sites excluding steroid dienone is 2. The van der Waals surface area contributed by atoms with Crippen molar-refractivity contribution in [1.82, 2.24) is 9.97 Å². The van der Waals surface area contributed by atoms with E-state index in [-0.39, 0.29) is 11.3 Å². The zero-order valence-corrected chi connectivity index (χ0v) is 36.6. The van der Waals surface area contributed by atoms with Gasteiger partial charge < -0.3 is 18.9 Å². The Morgan fingerprint density at radius 2 is 1.15 bits per heavy atom. The summed E-state index contributed by atoms with van der Waals surface area (Å²) in [5, 5.41) is 30.1. The minimum atomic E-state index is -0.579. The lowest BCUT2D eigenvalue weighted by Crippen LogP contribution is -2.39. The van der Waals surface area contributed by atoms with Gasteiger partial charge in [-0.05, 0) is 101 Å². The fourth-order valence-electron chi connectivity index (χ4n) is 8.66. The lowest BCUT2D eigenvalue weighted by Gasteiger charge is -2.43. The number of hydrogen-bond donors (Lipinski definition) is 0. The van der Waals surface area contributed by atoms with Gasteiger partial charge in [0.25, 0.3) is 5.70 Å². The highest BCUT2D eigenvalue weighted by molar-refractivity contribution is 7.25. The molecule has 60 heavy (non-hydrogen) atoms. The molecule has 0 bridgehead atoms. The standard InChI is InChI=1S/C46H40N6O4S4/c1-4-16-53-35-20-29(18-27(24-47)25-48)57-39(35)43-51-41-37(59-43)31-22-34-32(23-33(31)55-45(41)12-8-6-9-13-45)38-42(46(56-34)14-10-7-11-15-46)52-44(60-38)40-36(54-17-5-2)21-30(58-40)19-28(26-49)50-3/h18-23H,4-17H2,1-2H3/b28-19+. The Labute approximate surface area is 365 Å². The van der Waals surface area contributed by atoms with Crippen LogP contribution in [0.25, 0.3) is 57.6 Å². The molecule has 0 amide bonds. The molecule has 6 heterocycles. The van der Waals surface area contributed by atoms with E-state index in [9.17, 15) is 15.8 Å². The van der Waals surface area contributed by atoms with Crippen molar-refractivity contribution in [2.75, 3.05) is 13.2 Å². The molecular weight excluding hydrogens is 829 g/mol. The third-order valence-corrected chi connectivity index (χ3v) is 16.0. The smallest absolute Gasteiger partial charge is 0.263 e. The first-order valence-corrected chi connectivity index (χ1v) is 23.8. The second-order valence-electron chi connectivity index (χ2n) is 15.5. The molecule has 4 aliphatic rings. The minimum Gasteiger partial charge on any atom is -0.492 e. The van der Waals surface area contributed by atoms with Crippen molar-refractivity contribution in [3.8, 4) is 81.9 Å². The zero-order valence-electron chi connectivity index (χ0n) is 33.3. The molecule has 1 aromatic carbocycles. The van der Waals surface area contributed by atoms with Crippen molar-refractivity contribution in [1.29, 1.82) is 15.8 Å². The summed E-state index contributed by atoms with van der Waals surface area (Å²) in [6.45, 7) is 12.6. The molecule has 302 valence electrons. The third kappa shape index (κ3) is 7.06. The van der Waals surface area contributed by atoms with E-state index in [1.165, 1.54) is 22.7 Å². The van der Waals surface area contributed by atoms with Crippen LogP contribution in [0.5, 0.6) is 23.0 Å². The second-order valence-corrected chi connectivity index (χ2v) is 19.6. The van der Waals surface area contributed by atoms with Gasteiger partial charge in [0.1, 0.15) is 71.9 Å². The van der Waals surface area contributed by atoms with Gasteiger partial charge in [0.15, 0.2) is 11.2 Å². The molecule has 9 rings (SSSR count). The number of nitrogens with zero attached hydrogens (tertiary/aromatic N) is 6. The number of thiophene rings is 2. The highest BCUT2D eigenvalue weighted by Crippen LogP contribution is 2.61. The van der Waals surface area contributed by atoms with Crippen molar-refractivity contribution in [2.24, 2.45) is 0 Å². The fourth-order valence-corrected chi connectivity index (χ4v) is 13.3. The summed E-state index contributed by atoms with van der Waals surface area (Å²) in [5.41, 5.74) is 2.75. The van der Waals surface area contributed by atoms with Crippen molar-refractivity contribution in [3.05, 3.63) is 68.1 Å². The van der Waals surface area contributed by atoms with E-state index in [4.69, 9.17) is 35.5 Å². The van der Waals surface area contributed by atoms with Crippen LogP contribution < -0.4 is 18.9 Å². The number of fused-ring (bicyclic) bond motifs is 8. The molecule has 5 aromatic rings. The van der Waals surface area contributed by atoms with Crippen LogP contribution in [0.4, 0.5) is 0 Å². The van der Waals surface area contributed by atoms with Crippen molar-refractivity contribution in [3.63, 3.8) is 0 Å². The summed E-state index contributed by atoms with van der Waals surface area (Å²) < 4.78 is 27.0. The normalized spacial score (nSPS) is 16.7. The lowest BCUT2D eigenvalue weighted by atomic mass is 9.78. The number of ether oxygens (including phenoxy) is 4. The van der Waals surface area contributed by atoms with E-state index in [1.807, 2.05) is 30.3 Å². The summed E-state index contributed by atoms with van der Waals surface area (Å²) in [4.78, 5) is 19.6. The van der Waals surface area contributed by atoms with Crippen molar-refractivity contribution < 1.29 is 18.9 Å². The van der Waals surface area contributed by atoms with Crippen LogP contribution >= 0.6 is 45.3 Å². The quantitative estimate of drug-likeness (QED) is 0.0991.